The number of fused-ring (bicyclic) bond motifs is 1. The van der Waals surface area contributed by atoms with Gasteiger partial charge in [-0.3, -0.25) is 0 Å². The van der Waals surface area contributed by atoms with Gasteiger partial charge in [-0.05, 0) is 30.0 Å². The summed E-state index contributed by atoms with van der Waals surface area (Å²) < 4.78 is 1.90. The minimum atomic E-state index is 0.367. The number of rotatable bonds is 1. The van der Waals surface area contributed by atoms with Crippen LogP contribution in [0.1, 0.15) is 23.7 Å². The van der Waals surface area contributed by atoms with E-state index in [9.17, 15) is 0 Å². The van der Waals surface area contributed by atoms with Crippen molar-refractivity contribution in [2.75, 3.05) is 5.73 Å². The first-order valence-corrected chi connectivity index (χ1v) is 6.05. The Morgan fingerprint density at radius 1 is 1.41 bits per heavy atom. The van der Waals surface area contributed by atoms with Crippen LogP contribution in [0.4, 0.5) is 5.95 Å². The smallest absolute Gasteiger partial charge is 0.239 e. The van der Waals surface area contributed by atoms with Gasteiger partial charge < -0.3 is 5.73 Å². The SMILES string of the molecule is Nc1nc2n(n1)CCC(c1cccc(Cl)c1)C2. The minimum absolute atomic E-state index is 0.367. The van der Waals surface area contributed by atoms with Gasteiger partial charge in [-0.2, -0.15) is 4.98 Å². The first-order valence-electron chi connectivity index (χ1n) is 5.67. The molecule has 88 valence electrons. The van der Waals surface area contributed by atoms with Crippen LogP contribution in [0.5, 0.6) is 0 Å². The molecule has 0 spiro atoms. The van der Waals surface area contributed by atoms with Crippen molar-refractivity contribution in [3.8, 4) is 0 Å². The number of nitrogens with two attached hydrogens (primary N) is 1. The lowest BCUT2D eigenvalue weighted by molar-refractivity contribution is 0.434. The number of anilines is 1. The van der Waals surface area contributed by atoms with Crippen molar-refractivity contribution in [2.24, 2.45) is 0 Å². The molecule has 0 fully saturated rings. The molecule has 2 heterocycles. The Labute approximate surface area is 104 Å². The molecule has 2 N–H and O–H groups in total. The second kappa shape index (κ2) is 4.04. The van der Waals surface area contributed by atoms with Crippen molar-refractivity contribution in [1.29, 1.82) is 0 Å². The molecule has 0 bridgehead atoms. The van der Waals surface area contributed by atoms with Crippen LogP contribution in [-0.2, 0) is 13.0 Å². The molecule has 4 nitrogen and oxygen atoms in total. The lowest BCUT2D eigenvalue weighted by atomic mass is 9.90. The molecule has 17 heavy (non-hydrogen) atoms. The Morgan fingerprint density at radius 2 is 2.29 bits per heavy atom. The molecular formula is C12H13ClN4. The van der Waals surface area contributed by atoms with E-state index in [1.807, 2.05) is 22.9 Å². The van der Waals surface area contributed by atoms with Crippen LogP contribution in [0, 0.1) is 0 Å². The second-order valence-corrected chi connectivity index (χ2v) is 4.79. The van der Waals surface area contributed by atoms with Crippen LogP contribution in [-0.4, -0.2) is 14.8 Å². The van der Waals surface area contributed by atoms with Crippen molar-refractivity contribution in [1.82, 2.24) is 14.8 Å². The van der Waals surface area contributed by atoms with Gasteiger partial charge in [-0.1, -0.05) is 23.7 Å². The van der Waals surface area contributed by atoms with E-state index in [0.717, 1.165) is 30.2 Å². The van der Waals surface area contributed by atoms with Gasteiger partial charge in [-0.15, -0.1) is 5.10 Å². The number of nitrogen functional groups attached to an aromatic ring is 1. The molecule has 1 aliphatic heterocycles. The zero-order chi connectivity index (χ0) is 11.8. The number of hydrogen-bond acceptors (Lipinski definition) is 3. The average Bonchev–Trinajstić information content (AvgIpc) is 2.68. The van der Waals surface area contributed by atoms with E-state index in [2.05, 4.69) is 16.1 Å². The number of aryl methyl sites for hydroxylation is 1. The number of aromatic nitrogens is 3. The molecule has 0 aliphatic carbocycles. The summed E-state index contributed by atoms with van der Waals surface area (Å²) in [6, 6.07) is 8.03. The van der Waals surface area contributed by atoms with Crippen molar-refractivity contribution in [3.63, 3.8) is 0 Å². The Morgan fingerprint density at radius 3 is 3.12 bits per heavy atom. The molecule has 0 saturated heterocycles. The highest BCUT2D eigenvalue weighted by Crippen LogP contribution is 2.29. The molecule has 1 aliphatic rings. The highest BCUT2D eigenvalue weighted by molar-refractivity contribution is 6.30. The third kappa shape index (κ3) is 2.00. The Hall–Kier alpha value is -1.55. The van der Waals surface area contributed by atoms with Gasteiger partial charge in [-0.25, -0.2) is 4.68 Å². The van der Waals surface area contributed by atoms with Gasteiger partial charge in [0.05, 0.1) is 0 Å². The summed E-state index contributed by atoms with van der Waals surface area (Å²) >= 11 is 6.02. The van der Waals surface area contributed by atoms with E-state index >= 15 is 0 Å². The summed E-state index contributed by atoms with van der Waals surface area (Å²) in [6.45, 7) is 0.872. The van der Waals surface area contributed by atoms with Crippen LogP contribution in [0.2, 0.25) is 5.02 Å². The molecule has 5 heteroatoms. The predicted molar refractivity (Wildman–Crippen MR) is 66.9 cm³/mol. The number of hydrogen-bond donors (Lipinski definition) is 1. The van der Waals surface area contributed by atoms with E-state index in [1.165, 1.54) is 5.56 Å². The number of halogens is 1. The van der Waals surface area contributed by atoms with E-state index in [4.69, 9.17) is 17.3 Å². The second-order valence-electron chi connectivity index (χ2n) is 4.35. The summed E-state index contributed by atoms with van der Waals surface area (Å²) in [5.74, 6) is 1.80. The minimum Gasteiger partial charge on any atom is -0.366 e. The van der Waals surface area contributed by atoms with Crippen LogP contribution >= 0.6 is 11.6 Å². The zero-order valence-electron chi connectivity index (χ0n) is 9.31. The lowest BCUT2D eigenvalue weighted by Gasteiger charge is -2.22. The van der Waals surface area contributed by atoms with Crippen molar-refractivity contribution in [2.45, 2.75) is 25.3 Å². The van der Waals surface area contributed by atoms with Gasteiger partial charge in [0, 0.05) is 18.0 Å². The monoisotopic (exact) mass is 248 g/mol. The van der Waals surface area contributed by atoms with Gasteiger partial charge >= 0.3 is 0 Å². The Balaban J connectivity index is 1.88. The highest BCUT2D eigenvalue weighted by atomic mass is 35.5. The van der Waals surface area contributed by atoms with Crippen LogP contribution in [0.15, 0.2) is 24.3 Å². The molecule has 1 aromatic heterocycles. The molecular weight excluding hydrogens is 236 g/mol. The van der Waals surface area contributed by atoms with E-state index < -0.39 is 0 Å². The van der Waals surface area contributed by atoms with Crippen LogP contribution < -0.4 is 5.73 Å². The van der Waals surface area contributed by atoms with E-state index in [0.29, 0.717) is 11.9 Å². The zero-order valence-corrected chi connectivity index (χ0v) is 10.1. The third-order valence-electron chi connectivity index (χ3n) is 3.20. The first-order chi connectivity index (χ1) is 8.22. The van der Waals surface area contributed by atoms with Gasteiger partial charge in [0.15, 0.2) is 0 Å². The van der Waals surface area contributed by atoms with Gasteiger partial charge in [0.25, 0.3) is 0 Å². The summed E-state index contributed by atoms with van der Waals surface area (Å²) in [5.41, 5.74) is 6.87. The lowest BCUT2D eigenvalue weighted by Crippen LogP contribution is -2.19. The molecule has 1 aromatic carbocycles. The van der Waals surface area contributed by atoms with Gasteiger partial charge in [0.2, 0.25) is 5.95 Å². The van der Waals surface area contributed by atoms with Gasteiger partial charge in [0.1, 0.15) is 5.82 Å². The summed E-state index contributed by atoms with van der Waals surface area (Å²) in [4.78, 5) is 4.25. The quantitative estimate of drug-likeness (QED) is 0.842. The Kier molecular flexibility index (Phi) is 2.52. The van der Waals surface area contributed by atoms with Crippen molar-refractivity contribution < 1.29 is 0 Å². The maximum absolute atomic E-state index is 6.02. The first kappa shape index (κ1) is 10.6. The van der Waals surface area contributed by atoms with Crippen molar-refractivity contribution >= 4 is 17.5 Å². The molecule has 0 saturated carbocycles. The maximum atomic E-state index is 6.02. The summed E-state index contributed by atoms with van der Waals surface area (Å²) in [5, 5.41) is 4.94. The average molecular weight is 249 g/mol. The predicted octanol–water partition coefficient (Wildman–Crippen LogP) is 2.24. The summed E-state index contributed by atoms with van der Waals surface area (Å²) in [6.07, 6.45) is 1.93. The largest absolute Gasteiger partial charge is 0.366 e. The number of nitrogens with zero attached hydrogens (tertiary/aromatic N) is 3. The molecule has 2 aromatic rings. The van der Waals surface area contributed by atoms with E-state index in [-0.39, 0.29) is 0 Å². The Bertz CT molecular complexity index is 549. The van der Waals surface area contributed by atoms with Crippen molar-refractivity contribution in [3.05, 3.63) is 40.7 Å². The molecule has 3 rings (SSSR count). The molecule has 0 amide bonds. The topological polar surface area (TPSA) is 56.7 Å². The molecule has 0 radical (unpaired) electrons. The maximum Gasteiger partial charge on any atom is 0.239 e. The third-order valence-corrected chi connectivity index (χ3v) is 3.44. The van der Waals surface area contributed by atoms with E-state index in [1.54, 1.807) is 0 Å². The fourth-order valence-corrected chi connectivity index (χ4v) is 2.57. The standard InChI is InChI=1S/C12H13ClN4/c13-10-3-1-2-8(6-10)9-4-5-17-11(7-9)15-12(14)16-17/h1-3,6,9H,4-5,7H2,(H2,14,16). The fourth-order valence-electron chi connectivity index (χ4n) is 2.37. The van der Waals surface area contributed by atoms with Crippen LogP contribution in [0.3, 0.4) is 0 Å². The normalized spacial score (nSPS) is 19.0. The highest BCUT2D eigenvalue weighted by Gasteiger charge is 2.22. The van der Waals surface area contributed by atoms with Crippen LogP contribution in [0.25, 0.3) is 0 Å². The molecule has 1 unspecified atom stereocenters. The fraction of sp³-hybridized carbons (Fsp3) is 0.333. The number of benzene rings is 1. The summed E-state index contributed by atoms with van der Waals surface area (Å²) in [7, 11) is 0. The molecule has 1 atom stereocenters.